The number of fused-ring (bicyclic) bond motifs is 1. The SMILES string of the molecule is N#CC1=C(N)n2c(s/c(=C\c3ccc([N+](=O)[O-])cc3)c2=O)=C(C(=O)NCc2ccccc2)C1c1ccc([N+](=O)[O-])cc1. The molecule has 0 bridgehead atoms. The van der Waals surface area contributed by atoms with E-state index in [1.54, 1.807) is 0 Å². The molecule has 1 amide bonds. The van der Waals surface area contributed by atoms with Gasteiger partial charge in [-0.1, -0.05) is 42.5 Å². The van der Waals surface area contributed by atoms with Crippen molar-refractivity contribution in [1.29, 1.82) is 5.26 Å². The van der Waals surface area contributed by atoms with Gasteiger partial charge in [0.1, 0.15) is 10.5 Å². The van der Waals surface area contributed by atoms with Gasteiger partial charge in [0.25, 0.3) is 22.8 Å². The second-order valence-electron chi connectivity index (χ2n) is 9.18. The number of nitro groups is 2. The molecule has 4 aromatic rings. The van der Waals surface area contributed by atoms with Crippen LogP contribution in [0.15, 0.2) is 89.2 Å². The normalized spacial score (nSPS) is 14.7. The number of carbonyl (C=O) groups is 1. The maximum absolute atomic E-state index is 13.8. The highest BCUT2D eigenvalue weighted by molar-refractivity contribution is 7.07. The molecular weight excluding hydrogens is 560 g/mol. The minimum absolute atomic E-state index is 0.0667. The zero-order chi connectivity index (χ0) is 30.0. The number of aromatic nitrogens is 1. The summed E-state index contributed by atoms with van der Waals surface area (Å²) in [4.78, 5) is 48.6. The summed E-state index contributed by atoms with van der Waals surface area (Å²) < 4.78 is 1.48. The number of non-ortho nitro benzene ring substituents is 2. The highest BCUT2D eigenvalue weighted by atomic mass is 32.1. The van der Waals surface area contributed by atoms with Crippen LogP contribution in [0.2, 0.25) is 0 Å². The van der Waals surface area contributed by atoms with E-state index in [0.29, 0.717) is 11.1 Å². The molecule has 0 fully saturated rings. The molecule has 1 aliphatic rings. The first-order valence-electron chi connectivity index (χ1n) is 12.4. The molecular formula is C29H20N6O6S. The Bertz CT molecular complexity index is 1990. The third kappa shape index (κ3) is 5.17. The van der Waals surface area contributed by atoms with Crippen LogP contribution in [-0.2, 0) is 11.3 Å². The van der Waals surface area contributed by atoms with Gasteiger partial charge in [-0.15, -0.1) is 11.3 Å². The predicted octanol–water partition coefficient (Wildman–Crippen LogP) is 2.47. The molecule has 3 N–H and O–H groups in total. The minimum atomic E-state index is -1.02. The van der Waals surface area contributed by atoms with Gasteiger partial charge in [-0.25, -0.2) is 0 Å². The zero-order valence-electron chi connectivity index (χ0n) is 21.6. The Morgan fingerprint density at radius 3 is 2.17 bits per heavy atom. The summed E-state index contributed by atoms with van der Waals surface area (Å²) in [6.45, 7) is 0.161. The van der Waals surface area contributed by atoms with E-state index in [1.807, 2.05) is 36.4 Å². The molecule has 0 radical (unpaired) electrons. The van der Waals surface area contributed by atoms with Crippen molar-refractivity contribution in [2.24, 2.45) is 5.73 Å². The fourth-order valence-corrected chi connectivity index (χ4v) is 5.78. The summed E-state index contributed by atoms with van der Waals surface area (Å²) in [7, 11) is 0. The number of hydrogen-bond acceptors (Lipinski definition) is 9. The molecule has 208 valence electrons. The summed E-state index contributed by atoms with van der Waals surface area (Å²) in [6.07, 6.45) is 1.52. The number of rotatable bonds is 7. The third-order valence-corrected chi connectivity index (χ3v) is 7.76. The van der Waals surface area contributed by atoms with E-state index in [-0.39, 0.29) is 44.1 Å². The highest BCUT2D eigenvalue weighted by Crippen LogP contribution is 2.36. The van der Waals surface area contributed by atoms with Crippen LogP contribution in [0.3, 0.4) is 0 Å². The third-order valence-electron chi connectivity index (χ3n) is 6.65. The summed E-state index contributed by atoms with van der Waals surface area (Å²) >= 11 is 0.979. The van der Waals surface area contributed by atoms with Crippen LogP contribution < -0.4 is 25.8 Å². The van der Waals surface area contributed by atoms with Gasteiger partial charge in [0, 0.05) is 30.8 Å². The van der Waals surface area contributed by atoms with Crippen molar-refractivity contribution in [3.8, 4) is 6.07 Å². The first kappa shape index (κ1) is 27.7. The van der Waals surface area contributed by atoms with Crippen LogP contribution in [0.25, 0.3) is 17.5 Å². The summed E-state index contributed by atoms with van der Waals surface area (Å²) in [5, 5.41) is 35.3. The number of nitro benzene ring substituents is 2. The fourth-order valence-electron chi connectivity index (χ4n) is 4.61. The van der Waals surface area contributed by atoms with Gasteiger partial charge in [-0.05, 0) is 34.9 Å². The van der Waals surface area contributed by atoms with Crippen LogP contribution >= 0.6 is 11.3 Å². The van der Waals surface area contributed by atoms with E-state index in [4.69, 9.17) is 5.73 Å². The zero-order valence-corrected chi connectivity index (χ0v) is 22.4. The van der Waals surface area contributed by atoms with Gasteiger partial charge in [-0.3, -0.25) is 34.4 Å². The molecule has 42 heavy (non-hydrogen) atoms. The van der Waals surface area contributed by atoms with E-state index in [9.17, 15) is 35.1 Å². The Hall–Kier alpha value is -5.87. The van der Waals surface area contributed by atoms with Gasteiger partial charge in [-0.2, -0.15) is 5.26 Å². The van der Waals surface area contributed by atoms with Crippen molar-refractivity contribution in [3.63, 3.8) is 0 Å². The number of nitriles is 1. The first-order chi connectivity index (χ1) is 20.2. The lowest BCUT2D eigenvalue weighted by atomic mass is 9.83. The second-order valence-corrected chi connectivity index (χ2v) is 10.2. The number of benzene rings is 3. The second kappa shape index (κ2) is 11.3. The van der Waals surface area contributed by atoms with Gasteiger partial charge in [0.05, 0.1) is 37.5 Å². The first-order valence-corrected chi connectivity index (χ1v) is 13.2. The number of nitrogens with zero attached hydrogens (tertiary/aromatic N) is 4. The molecule has 2 heterocycles. The predicted molar refractivity (Wildman–Crippen MR) is 155 cm³/mol. The molecule has 1 unspecified atom stereocenters. The van der Waals surface area contributed by atoms with E-state index in [2.05, 4.69) is 5.32 Å². The number of allylic oxidation sites excluding steroid dienone is 1. The molecule has 5 rings (SSSR count). The Morgan fingerprint density at radius 1 is 1.00 bits per heavy atom. The van der Waals surface area contributed by atoms with Gasteiger partial charge >= 0.3 is 0 Å². The summed E-state index contributed by atoms with van der Waals surface area (Å²) in [6, 6.07) is 22.2. The Balaban J connectivity index is 1.73. The standard InChI is InChI=1S/C29H20N6O6S/c30-15-22-24(19-8-12-21(13-9-19)35(40)41)25(27(36)32-16-18-4-2-1-3-5-18)29-33(26(22)31)28(37)23(42-29)14-17-6-10-20(11-7-17)34(38)39/h1-14,24H,16,31H2,(H,32,36)/b23-14-. The summed E-state index contributed by atoms with van der Waals surface area (Å²) in [5.74, 6) is -1.74. The number of nitrogens with one attached hydrogen (secondary N) is 1. The largest absolute Gasteiger partial charge is 0.384 e. The topological polar surface area (TPSA) is 187 Å². The van der Waals surface area contributed by atoms with Crippen molar-refractivity contribution in [2.45, 2.75) is 12.5 Å². The van der Waals surface area contributed by atoms with Crippen LogP contribution in [0.1, 0.15) is 22.6 Å². The Morgan fingerprint density at radius 2 is 1.60 bits per heavy atom. The van der Waals surface area contributed by atoms with Crippen LogP contribution in [0.5, 0.6) is 0 Å². The molecule has 12 nitrogen and oxygen atoms in total. The lowest BCUT2D eigenvalue weighted by molar-refractivity contribution is -0.385. The lowest BCUT2D eigenvalue weighted by Gasteiger charge is -2.25. The summed E-state index contributed by atoms with van der Waals surface area (Å²) in [5.41, 5.74) is 7.25. The smallest absolute Gasteiger partial charge is 0.274 e. The average Bonchev–Trinajstić information content (AvgIpc) is 3.32. The van der Waals surface area contributed by atoms with Crippen molar-refractivity contribution in [2.75, 3.05) is 0 Å². The van der Waals surface area contributed by atoms with Gasteiger partial charge in [0.2, 0.25) is 0 Å². The van der Waals surface area contributed by atoms with Crippen LogP contribution in [-0.4, -0.2) is 20.3 Å². The molecule has 1 aliphatic heterocycles. The number of thiazole rings is 1. The molecule has 13 heteroatoms. The molecule has 0 saturated carbocycles. The number of hydrogen-bond donors (Lipinski definition) is 2. The maximum atomic E-state index is 13.8. The van der Waals surface area contributed by atoms with E-state index in [0.717, 1.165) is 21.5 Å². The molecule has 3 aromatic carbocycles. The van der Waals surface area contributed by atoms with Crippen molar-refractivity contribution < 1.29 is 14.6 Å². The van der Waals surface area contributed by atoms with E-state index in [1.165, 1.54) is 54.6 Å². The van der Waals surface area contributed by atoms with Crippen molar-refractivity contribution >= 4 is 46.1 Å². The monoisotopic (exact) mass is 580 g/mol. The van der Waals surface area contributed by atoms with Crippen molar-refractivity contribution in [3.05, 3.63) is 141 Å². The Kier molecular flexibility index (Phi) is 7.46. The maximum Gasteiger partial charge on any atom is 0.274 e. The van der Waals surface area contributed by atoms with Gasteiger partial charge < -0.3 is 11.1 Å². The van der Waals surface area contributed by atoms with Crippen LogP contribution in [0.4, 0.5) is 11.4 Å². The Labute approximate surface area is 240 Å². The molecule has 1 atom stereocenters. The fraction of sp³-hybridized carbons (Fsp3) is 0.0690. The van der Waals surface area contributed by atoms with E-state index >= 15 is 0 Å². The van der Waals surface area contributed by atoms with E-state index < -0.39 is 27.2 Å². The lowest BCUT2D eigenvalue weighted by Crippen LogP contribution is -2.41. The van der Waals surface area contributed by atoms with Crippen LogP contribution in [0, 0.1) is 31.6 Å². The number of amides is 1. The quantitative estimate of drug-likeness (QED) is 0.246. The number of nitrogens with two attached hydrogens (primary N) is 1. The van der Waals surface area contributed by atoms with Crippen molar-refractivity contribution in [1.82, 2.24) is 9.88 Å². The molecule has 0 aliphatic carbocycles. The highest BCUT2D eigenvalue weighted by Gasteiger charge is 2.35. The molecule has 1 aromatic heterocycles. The minimum Gasteiger partial charge on any atom is -0.384 e. The number of carbonyl (C=O) groups excluding carboxylic acids is 1. The molecule has 0 saturated heterocycles. The molecule has 0 spiro atoms. The average molecular weight is 581 g/mol. The van der Waals surface area contributed by atoms with Gasteiger partial charge in [0.15, 0.2) is 0 Å².